The second-order valence-electron chi connectivity index (χ2n) is 5.25. The standard InChI is InChI=1S/C18H12Cl3N3O2/c19-12-8-11(17(25)15(21)9-12)10-22-23-18(26)13-4-3-5-14(20)16(13)24-6-1-2-7-24/h1-10,25H,(H,23,26)/b22-10+. The van der Waals surface area contributed by atoms with Crippen molar-refractivity contribution < 1.29 is 9.90 Å². The van der Waals surface area contributed by atoms with Crippen molar-refractivity contribution in [2.24, 2.45) is 5.10 Å². The van der Waals surface area contributed by atoms with Gasteiger partial charge < -0.3 is 9.67 Å². The third kappa shape index (κ3) is 3.85. The molecule has 0 saturated heterocycles. The van der Waals surface area contributed by atoms with E-state index in [0.29, 0.717) is 21.3 Å². The molecule has 8 heteroatoms. The topological polar surface area (TPSA) is 66.6 Å². The number of rotatable bonds is 4. The van der Waals surface area contributed by atoms with Crippen molar-refractivity contribution in [1.82, 2.24) is 9.99 Å². The molecule has 1 heterocycles. The predicted molar refractivity (Wildman–Crippen MR) is 104 cm³/mol. The molecule has 0 unspecified atom stereocenters. The first-order valence-corrected chi connectivity index (χ1v) is 8.54. The van der Waals surface area contributed by atoms with Gasteiger partial charge in [0.2, 0.25) is 0 Å². The number of nitrogens with one attached hydrogen (secondary N) is 1. The minimum atomic E-state index is -0.458. The van der Waals surface area contributed by atoms with Gasteiger partial charge in [0.25, 0.3) is 5.91 Å². The summed E-state index contributed by atoms with van der Waals surface area (Å²) >= 11 is 18.0. The molecule has 0 spiro atoms. The maximum atomic E-state index is 12.5. The molecule has 3 aromatic rings. The molecule has 0 radical (unpaired) electrons. The molecule has 2 aromatic carbocycles. The van der Waals surface area contributed by atoms with E-state index in [1.807, 2.05) is 12.1 Å². The molecular weight excluding hydrogens is 397 g/mol. The van der Waals surface area contributed by atoms with Crippen molar-refractivity contribution in [2.45, 2.75) is 0 Å². The lowest BCUT2D eigenvalue weighted by atomic mass is 10.1. The van der Waals surface area contributed by atoms with Gasteiger partial charge >= 0.3 is 0 Å². The Hall–Kier alpha value is -2.47. The van der Waals surface area contributed by atoms with Crippen molar-refractivity contribution in [2.75, 3.05) is 0 Å². The van der Waals surface area contributed by atoms with Crippen molar-refractivity contribution >= 4 is 46.9 Å². The van der Waals surface area contributed by atoms with Crippen molar-refractivity contribution in [3.05, 3.63) is 81.1 Å². The summed E-state index contributed by atoms with van der Waals surface area (Å²) in [7, 11) is 0. The quantitative estimate of drug-likeness (QED) is 0.476. The average molecular weight is 409 g/mol. The van der Waals surface area contributed by atoms with E-state index in [9.17, 15) is 9.90 Å². The summed E-state index contributed by atoms with van der Waals surface area (Å²) in [5.41, 5.74) is 3.57. The number of phenols is 1. The average Bonchev–Trinajstić information content (AvgIpc) is 3.12. The molecule has 0 aliphatic rings. The van der Waals surface area contributed by atoms with Crippen LogP contribution in [0.5, 0.6) is 5.75 Å². The van der Waals surface area contributed by atoms with Gasteiger partial charge in [0, 0.05) is 23.0 Å². The fourth-order valence-corrected chi connectivity index (χ4v) is 3.13. The van der Waals surface area contributed by atoms with E-state index in [-0.39, 0.29) is 16.3 Å². The number of amides is 1. The molecule has 0 aliphatic heterocycles. The van der Waals surface area contributed by atoms with E-state index in [0.717, 1.165) is 0 Å². The Morgan fingerprint density at radius 1 is 1.08 bits per heavy atom. The molecule has 0 aliphatic carbocycles. The summed E-state index contributed by atoms with van der Waals surface area (Å²) in [6.45, 7) is 0. The Balaban J connectivity index is 1.85. The molecule has 3 rings (SSSR count). The second kappa shape index (κ2) is 7.83. The van der Waals surface area contributed by atoms with Gasteiger partial charge in [0.15, 0.2) is 0 Å². The van der Waals surface area contributed by atoms with E-state index in [2.05, 4.69) is 10.5 Å². The van der Waals surface area contributed by atoms with Crippen LogP contribution in [0.4, 0.5) is 0 Å². The first-order valence-electron chi connectivity index (χ1n) is 7.40. The summed E-state index contributed by atoms with van der Waals surface area (Å²) < 4.78 is 1.74. The molecule has 0 fully saturated rings. The van der Waals surface area contributed by atoms with Crippen molar-refractivity contribution in [1.29, 1.82) is 0 Å². The van der Waals surface area contributed by atoms with Gasteiger partial charge in [-0.05, 0) is 36.4 Å². The SMILES string of the molecule is O=C(N/N=C/c1cc(Cl)cc(Cl)c1O)c1cccc(Cl)c1-n1cccc1. The highest BCUT2D eigenvalue weighted by Gasteiger charge is 2.15. The number of nitrogens with zero attached hydrogens (tertiary/aromatic N) is 2. The number of hydrogen-bond acceptors (Lipinski definition) is 3. The number of phenolic OH excluding ortho intramolecular Hbond substituents is 1. The molecule has 0 atom stereocenters. The van der Waals surface area contributed by atoms with Crippen LogP contribution in [-0.4, -0.2) is 21.8 Å². The zero-order valence-corrected chi connectivity index (χ0v) is 15.4. The van der Waals surface area contributed by atoms with Crippen LogP contribution in [0.3, 0.4) is 0 Å². The third-order valence-corrected chi connectivity index (χ3v) is 4.33. The van der Waals surface area contributed by atoms with Crippen LogP contribution >= 0.6 is 34.8 Å². The number of halogens is 3. The molecule has 1 amide bonds. The molecule has 1 aromatic heterocycles. The number of benzene rings is 2. The zero-order valence-electron chi connectivity index (χ0n) is 13.2. The van der Waals surface area contributed by atoms with E-state index < -0.39 is 5.91 Å². The van der Waals surface area contributed by atoms with Crippen molar-refractivity contribution in [3.8, 4) is 11.4 Å². The highest BCUT2D eigenvalue weighted by atomic mass is 35.5. The summed E-state index contributed by atoms with van der Waals surface area (Å²) in [5.74, 6) is -0.634. The number of hydrazone groups is 1. The van der Waals surface area contributed by atoms with Crippen LogP contribution in [0, 0.1) is 0 Å². The van der Waals surface area contributed by atoms with Crippen LogP contribution in [0.2, 0.25) is 15.1 Å². The van der Waals surface area contributed by atoms with E-state index in [1.165, 1.54) is 18.3 Å². The number of carbonyl (C=O) groups is 1. The summed E-state index contributed by atoms with van der Waals surface area (Å²) in [5, 5.41) is 14.6. The lowest BCUT2D eigenvalue weighted by Crippen LogP contribution is -2.19. The van der Waals surface area contributed by atoms with Gasteiger partial charge in [-0.3, -0.25) is 4.79 Å². The zero-order chi connectivity index (χ0) is 18.7. The lowest BCUT2D eigenvalue weighted by molar-refractivity contribution is 0.0955. The Morgan fingerprint density at radius 2 is 1.81 bits per heavy atom. The highest BCUT2D eigenvalue weighted by Crippen LogP contribution is 2.30. The third-order valence-electron chi connectivity index (χ3n) is 3.52. The molecule has 5 nitrogen and oxygen atoms in total. The lowest BCUT2D eigenvalue weighted by Gasteiger charge is -2.11. The van der Waals surface area contributed by atoms with Crippen LogP contribution < -0.4 is 5.43 Å². The Morgan fingerprint density at radius 3 is 2.54 bits per heavy atom. The maximum absolute atomic E-state index is 12.5. The van der Waals surface area contributed by atoms with Gasteiger partial charge in [0.05, 0.1) is 27.5 Å². The van der Waals surface area contributed by atoms with Crippen LogP contribution in [0.15, 0.2) is 60.0 Å². The fraction of sp³-hybridized carbons (Fsp3) is 0. The fourth-order valence-electron chi connectivity index (χ4n) is 2.35. The van der Waals surface area contributed by atoms with Crippen LogP contribution in [-0.2, 0) is 0 Å². The number of aromatic hydroxyl groups is 1. The van der Waals surface area contributed by atoms with E-state index in [1.54, 1.807) is 35.2 Å². The highest BCUT2D eigenvalue weighted by molar-refractivity contribution is 6.36. The molecule has 2 N–H and O–H groups in total. The number of carbonyl (C=O) groups excluding carboxylic acids is 1. The molecule has 26 heavy (non-hydrogen) atoms. The van der Waals surface area contributed by atoms with E-state index in [4.69, 9.17) is 34.8 Å². The summed E-state index contributed by atoms with van der Waals surface area (Å²) in [6.07, 6.45) is 4.82. The number of para-hydroxylation sites is 1. The molecular formula is C18H12Cl3N3O2. The van der Waals surface area contributed by atoms with E-state index >= 15 is 0 Å². The monoisotopic (exact) mass is 407 g/mol. The van der Waals surface area contributed by atoms with Gasteiger partial charge in [0.1, 0.15) is 5.75 Å². The number of hydrogen-bond donors (Lipinski definition) is 2. The predicted octanol–water partition coefficient (Wildman–Crippen LogP) is 4.91. The first-order chi connectivity index (χ1) is 12.5. The Labute approximate surface area is 164 Å². The maximum Gasteiger partial charge on any atom is 0.273 e. The van der Waals surface area contributed by atoms with Gasteiger partial charge in [-0.1, -0.05) is 40.9 Å². The largest absolute Gasteiger partial charge is 0.506 e. The van der Waals surface area contributed by atoms with Crippen LogP contribution in [0.1, 0.15) is 15.9 Å². The summed E-state index contributed by atoms with van der Waals surface area (Å²) in [4.78, 5) is 12.5. The minimum Gasteiger partial charge on any atom is -0.506 e. The Bertz CT molecular complexity index is 986. The normalized spacial score (nSPS) is 11.0. The minimum absolute atomic E-state index is 0.0926. The smallest absolute Gasteiger partial charge is 0.273 e. The number of aromatic nitrogens is 1. The van der Waals surface area contributed by atoms with Gasteiger partial charge in [-0.15, -0.1) is 0 Å². The molecule has 132 valence electrons. The van der Waals surface area contributed by atoms with Crippen molar-refractivity contribution in [3.63, 3.8) is 0 Å². The van der Waals surface area contributed by atoms with Gasteiger partial charge in [-0.2, -0.15) is 5.10 Å². The molecule has 0 saturated carbocycles. The summed E-state index contributed by atoms with van der Waals surface area (Å²) in [6, 6.07) is 11.6. The van der Waals surface area contributed by atoms with Gasteiger partial charge in [-0.25, -0.2) is 5.43 Å². The second-order valence-corrected chi connectivity index (χ2v) is 6.50. The van der Waals surface area contributed by atoms with Crippen LogP contribution in [0.25, 0.3) is 5.69 Å². The first kappa shape index (κ1) is 18.3. The Kier molecular flexibility index (Phi) is 5.52. The molecule has 0 bridgehead atoms.